The lowest BCUT2D eigenvalue weighted by molar-refractivity contribution is -0.292. The maximum Gasteiger partial charge on any atom is 0.338 e. The molecule has 0 amide bonds. The number of benzene rings is 1. The Hall–Kier alpha value is -1.62. The molecule has 0 aromatic heterocycles. The average Bonchev–Trinajstić information content (AvgIpc) is 3.28. The number of carbonyl (C=O) groups is 2. The van der Waals surface area contributed by atoms with Gasteiger partial charge in [0, 0.05) is 25.7 Å². The van der Waals surface area contributed by atoms with Crippen LogP contribution in [0.3, 0.4) is 0 Å². The van der Waals surface area contributed by atoms with E-state index in [0.29, 0.717) is 37.7 Å². The Labute approximate surface area is 218 Å². The minimum absolute atomic E-state index is 0.0993. The van der Waals surface area contributed by atoms with Crippen molar-refractivity contribution < 1.29 is 38.0 Å². The van der Waals surface area contributed by atoms with Crippen molar-refractivity contribution in [2.45, 2.75) is 106 Å². The number of carbonyl (C=O) groups excluding carboxylic acids is 2. The molecule has 7 rings (SSSR count). The van der Waals surface area contributed by atoms with Crippen LogP contribution in [0.2, 0.25) is 0 Å². The Morgan fingerprint density at radius 3 is 2.58 bits per heavy atom. The van der Waals surface area contributed by atoms with Gasteiger partial charge in [-0.15, -0.1) is 0 Å². The van der Waals surface area contributed by atoms with Crippen LogP contribution < -0.4 is 0 Å². The molecule has 6 heterocycles. The summed E-state index contributed by atoms with van der Waals surface area (Å²) < 4.78 is 39.0. The summed E-state index contributed by atoms with van der Waals surface area (Å²) in [5.74, 6) is -1.23. The van der Waals surface area contributed by atoms with E-state index in [9.17, 15) is 9.59 Å². The predicted octanol–water partition coefficient (Wildman–Crippen LogP) is 3.85. The maximum absolute atomic E-state index is 12.7. The van der Waals surface area contributed by atoms with Gasteiger partial charge in [0.15, 0.2) is 5.79 Å². The second-order valence-corrected chi connectivity index (χ2v) is 11.5. The smallest absolute Gasteiger partial charge is 0.338 e. The number of esters is 1. The van der Waals surface area contributed by atoms with E-state index < -0.39 is 11.9 Å². The zero-order valence-electron chi connectivity index (χ0n) is 20.0. The van der Waals surface area contributed by atoms with Crippen molar-refractivity contribution in [2.24, 2.45) is 0 Å². The molecule has 6 bridgehead atoms. The fourth-order valence-corrected chi connectivity index (χ4v) is 6.74. The molecular weight excluding hydrogens is 532 g/mol. The van der Waals surface area contributed by atoms with E-state index >= 15 is 0 Å². The minimum atomic E-state index is -0.867. The van der Waals surface area contributed by atoms with Crippen LogP contribution in [-0.4, -0.2) is 73.0 Å². The molecule has 0 radical (unpaired) electrons. The summed E-state index contributed by atoms with van der Waals surface area (Å²) in [5.41, 5.74) is 0.509. The Morgan fingerprint density at radius 2 is 1.81 bits per heavy atom. The molecular formula is C27H31BrO8. The quantitative estimate of drug-likeness (QED) is 0.331. The van der Waals surface area contributed by atoms with Crippen molar-refractivity contribution in [1.29, 1.82) is 0 Å². The van der Waals surface area contributed by atoms with E-state index in [-0.39, 0.29) is 54.8 Å². The Morgan fingerprint density at radius 1 is 1.06 bits per heavy atom. The minimum Gasteiger partial charge on any atom is -0.458 e. The fourth-order valence-electron chi connectivity index (χ4n) is 6.38. The van der Waals surface area contributed by atoms with Gasteiger partial charge in [-0.3, -0.25) is 0 Å². The van der Waals surface area contributed by atoms with E-state index in [4.69, 9.17) is 28.4 Å². The molecule has 2 unspecified atom stereocenters. The van der Waals surface area contributed by atoms with Crippen LogP contribution in [0.1, 0.15) is 55.3 Å². The molecule has 0 spiro atoms. The van der Waals surface area contributed by atoms with Crippen LogP contribution >= 0.6 is 15.9 Å². The van der Waals surface area contributed by atoms with E-state index in [1.165, 1.54) is 0 Å². The summed E-state index contributed by atoms with van der Waals surface area (Å²) in [6.45, 7) is 3.94. The number of aldehydes is 1. The summed E-state index contributed by atoms with van der Waals surface area (Å²) in [5, 5.41) is 0. The summed E-state index contributed by atoms with van der Waals surface area (Å²) in [6, 6.07) is 8.96. The highest BCUT2D eigenvalue weighted by atomic mass is 79.9. The molecule has 6 saturated heterocycles. The lowest BCUT2D eigenvalue weighted by Crippen LogP contribution is -2.61. The molecule has 1 aromatic carbocycles. The fraction of sp³-hybridized carbons (Fsp3) is 0.630. The molecule has 10 atom stereocenters. The third-order valence-corrected chi connectivity index (χ3v) is 8.29. The first-order valence-electron chi connectivity index (χ1n) is 12.8. The van der Waals surface area contributed by atoms with Gasteiger partial charge in [-0.25, -0.2) is 4.79 Å². The Kier molecular flexibility index (Phi) is 6.81. The first-order valence-corrected chi connectivity index (χ1v) is 13.6. The van der Waals surface area contributed by atoms with Crippen molar-refractivity contribution >= 4 is 28.2 Å². The number of hydrogen-bond donors (Lipinski definition) is 0. The van der Waals surface area contributed by atoms with Gasteiger partial charge >= 0.3 is 5.97 Å². The van der Waals surface area contributed by atoms with E-state index in [1.807, 2.05) is 18.2 Å². The summed E-state index contributed by atoms with van der Waals surface area (Å²) in [4.78, 5) is 23.8. The molecule has 0 N–H and O–H groups in total. The first-order chi connectivity index (χ1) is 17.4. The number of rotatable bonds is 9. The molecule has 8 nitrogen and oxygen atoms in total. The number of halogens is 1. The van der Waals surface area contributed by atoms with E-state index in [0.717, 1.165) is 23.6 Å². The molecule has 6 aliphatic heterocycles. The summed E-state index contributed by atoms with van der Waals surface area (Å²) in [6.07, 6.45) is 3.01. The van der Waals surface area contributed by atoms with Crippen molar-refractivity contribution in [3.05, 3.63) is 47.0 Å². The van der Waals surface area contributed by atoms with Crippen molar-refractivity contribution in [3.63, 3.8) is 0 Å². The number of fused-ring (bicyclic) bond motifs is 1. The molecule has 1 aromatic rings. The lowest BCUT2D eigenvalue weighted by atomic mass is 9.87. The normalized spacial score (nSPS) is 40.8. The second kappa shape index (κ2) is 9.93. The highest BCUT2D eigenvalue weighted by molar-refractivity contribution is 9.11. The molecule has 9 heteroatoms. The molecule has 6 aliphatic rings. The van der Waals surface area contributed by atoms with Crippen LogP contribution in [0.25, 0.3) is 0 Å². The van der Waals surface area contributed by atoms with Gasteiger partial charge in [-0.2, -0.15) is 0 Å². The van der Waals surface area contributed by atoms with E-state index in [1.54, 1.807) is 12.1 Å². The topological polar surface area (TPSA) is 89.5 Å². The predicted molar refractivity (Wildman–Crippen MR) is 131 cm³/mol. The van der Waals surface area contributed by atoms with Crippen LogP contribution in [0.4, 0.5) is 0 Å². The van der Waals surface area contributed by atoms with Crippen molar-refractivity contribution in [1.82, 2.24) is 0 Å². The van der Waals surface area contributed by atoms with Gasteiger partial charge in [-0.1, -0.05) is 40.7 Å². The van der Waals surface area contributed by atoms with Gasteiger partial charge in [-0.05, 0) is 35.9 Å². The highest BCUT2D eigenvalue weighted by Gasteiger charge is 2.68. The largest absolute Gasteiger partial charge is 0.458 e. The number of hydrogen-bond acceptors (Lipinski definition) is 8. The third kappa shape index (κ3) is 4.59. The van der Waals surface area contributed by atoms with Crippen molar-refractivity contribution in [3.8, 4) is 0 Å². The first kappa shape index (κ1) is 24.7. The third-order valence-electron chi connectivity index (χ3n) is 7.97. The van der Waals surface area contributed by atoms with Crippen molar-refractivity contribution in [2.75, 3.05) is 0 Å². The Bertz CT molecular complexity index is 1000. The zero-order valence-corrected chi connectivity index (χ0v) is 21.5. The molecule has 0 aliphatic carbocycles. The Balaban J connectivity index is 1.18. The van der Waals surface area contributed by atoms with Gasteiger partial charge in [0.25, 0.3) is 0 Å². The van der Waals surface area contributed by atoms with Gasteiger partial charge in [0.05, 0.1) is 23.9 Å². The zero-order chi connectivity index (χ0) is 24.9. The van der Waals surface area contributed by atoms with Crippen LogP contribution in [-0.2, 0) is 33.2 Å². The lowest BCUT2D eigenvalue weighted by Gasteiger charge is -2.47. The van der Waals surface area contributed by atoms with Crippen LogP contribution in [0.5, 0.6) is 0 Å². The molecule has 194 valence electrons. The summed E-state index contributed by atoms with van der Waals surface area (Å²) >= 11 is 3.42. The number of ether oxygens (including phenoxy) is 6. The SMILES string of the molecule is C=C(Br)C[C@H](CC[C@@]12C[C@H]3O[C@H]4C(O1)[C@H]1OC(CC=O)CC[C@@H]1O[C@H]4[C@H]3O2)OC(=O)c1ccccc1. The highest BCUT2D eigenvalue weighted by Crippen LogP contribution is 2.54. The van der Waals surface area contributed by atoms with Gasteiger partial charge < -0.3 is 33.2 Å². The van der Waals surface area contributed by atoms with Crippen LogP contribution in [0, 0.1) is 0 Å². The van der Waals surface area contributed by atoms with E-state index in [2.05, 4.69) is 22.5 Å². The standard InChI is InChI=1S/C27H31BrO8/c1-15(28)13-18(32-26(30)16-5-3-2-4-6-16)9-11-27-14-20-22(35-27)23-24(34-20)25(36-27)21-19(33-23)8-7-17(31-21)10-12-29/h2-6,12,17-25H,1,7-11,13-14H2/t17?,18-,19-,20+,21-,22-,23-,24+,25?,27-/m0/s1. The van der Waals surface area contributed by atoms with Gasteiger partial charge in [0.2, 0.25) is 0 Å². The molecule has 6 fully saturated rings. The second-order valence-electron chi connectivity index (χ2n) is 10.4. The monoisotopic (exact) mass is 562 g/mol. The summed E-state index contributed by atoms with van der Waals surface area (Å²) in [7, 11) is 0. The average molecular weight is 563 g/mol. The van der Waals surface area contributed by atoms with Crippen LogP contribution in [0.15, 0.2) is 41.4 Å². The van der Waals surface area contributed by atoms with Gasteiger partial charge in [0.1, 0.15) is 42.9 Å². The molecule has 0 saturated carbocycles. The maximum atomic E-state index is 12.7. The molecule has 36 heavy (non-hydrogen) atoms.